The van der Waals surface area contributed by atoms with Crippen LogP contribution in [0.4, 0.5) is 5.69 Å². The average molecular weight is 720 g/mol. The molecule has 0 unspecified atom stereocenters. The molecule has 1 aromatic heterocycles. The van der Waals surface area contributed by atoms with E-state index in [4.69, 9.17) is 18.9 Å². The minimum absolute atomic E-state index is 0.105. The van der Waals surface area contributed by atoms with E-state index < -0.39 is 27.8 Å². The fraction of sp³-hybridized carbons (Fsp3) is 0.474. The lowest BCUT2D eigenvalue weighted by Gasteiger charge is -2.45. The number of ether oxygens (including phenoxy) is 4. The second-order valence-corrected chi connectivity index (χ2v) is 15.7. The Labute approximate surface area is 301 Å². The fourth-order valence-corrected chi connectivity index (χ4v) is 8.84. The zero-order valence-electron chi connectivity index (χ0n) is 29.8. The van der Waals surface area contributed by atoms with E-state index in [0.717, 1.165) is 53.4 Å². The number of aliphatic hydroxyl groups is 1. The summed E-state index contributed by atoms with van der Waals surface area (Å²) in [5.41, 5.74) is 2.69. The molecular weight excluding hydrogens is 671 g/mol. The van der Waals surface area contributed by atoms with Crippen molar-refractivity contribution in [1.29, 1.82) is 0 Å². The van der Waals surface area contributed by atoms with Crippen LogP contribution >= 0.6 is 0 Å². The van der Waals surface area contributed by atoms with Gasteiger partial charge in [0.1, 0.15) is 30.8 Å². The Bertz CT molecular complexity index is 1820. The van der Waals surface area contributed by atoms with Gasteiger partial charge in [0, 0.05) is 38.8 Å². The number of sulfonamides is 1. The van der Waals surface area contributed by atoms with Gasteiger partial charge in [-0.1, -0.05) is 35.9 Å². The van der Waals surface area contributed by atoms with Crippen LogP contribution in [0.1, 0.15) is 48.8 Å². The number of rotatable bonds is 15. The van der Waals surface area contributed by atoms with Gasteiger partial charge in [-0.25, -0.2) is 13.4 Å². The van der Waals surface area contributed by atoms with Crippen molar-refractivity contribution in [2.45, 2.75) is 74.8 Å². The van der Waals surface area contributed by atoms with Crippen molar-refractivity contribution in [1.82, 2.24) is 19.1 Å². The predicted octanol–water partition coefficient (Wildman–Crippen LogP) is 4.80. The number of aromatic nitrogens is 3. The Morgan fingerprint density at radius 2 is 1.84 bits per heavy atom. The van der Waals surface area contributed by atoms with Gasteiger partial charge in [0.05, 0.1) is 49.1 Å². The SMILES string of the molecule is COCCCN1CCOc2ccc(CO[C@H]3CN(S(=O)(=O)c4ccc(C)cc4)[C@@H](C[C@@](C)(O)Cn4cncn4)C[C@@H]3c3ccc(OC)cc3)cc21. The van der Waals surface area contributed by atoms with Crippen molar-refractivity contribution < 1.29 is 32.5 Å². The Morgan fingerprint density at radius 3 is 2.55 bits per heavy atom. The molecule has 2 aliphatic heterocycles. The van der Waals surface area contributed by atoms with E-state index in [2.05, 4.69) is 21.0 Å². The third kappa shape index (κ3) is 8.90. The molecule has 3 aromatic carbocycles. The quantitative estimate of drug-likeness (QED) is 0.171. The average Bonchev–Trinajstić information content (AvgIpc) is 3.63. The summed E-state index contributed by atoms with van der Waals surface area (Å²) in [6.07, 6.45) is 4.00. The first-order valence-electron chi connectivity index (χ1n) is 17.4. The number of methoxy groups -OCH3 is 2. The van der Waals surface area contributed by atoms with Gasteiger partial charge < -0.3 is 29.0 Å². The van der Waals surface area contributed by atoms with Crippen molar-refractivity contribution in [3.63, 3.8) is 0 Å². The lowest BCUT2D eigenvalue weighted by atomic mass is 9.80. The summed E-state index contributed by atoms with van der Waals surface area (Å²) in [6, 6.07) is 20.3. The zero-order chi connectivity index (χ0) is 36.0. The van der Waals surface area contributed by atoms with E-state index in [1.54, 1.807) is 56.4 Å². The van der Waals surface area contributed by atoms with Crippen molar-refractivity contribution in [3.05, 3.63) is 96.1 Å². The molecule has 0 bridgehead atoms. The molecule has 51 heavy (non-hydrogen) atoms. The summed E-state index contributed by atoms with van der Waals surface area (Å²) >= 11 is 0. The van der Waals surface area contributed by atoms with E-state index >= 15 is 0 Å². The highest BCUT2D eigenvalue weighted by Gasteiger charge is 2.45. The minimum Gasteiger partial charge on any atom is -0.497 e. The van der Waals surface area contributed by atoms with E-state index in [-0.39, 0.29) is 36.9 Å². The summed E-state index contributed by atoms with van der Waals surface area (Å²) in [5, 5.41) is 15.9. The number of nitrogens with zero attached hydrogens (tertiary/aromatic N) is 5. The molecule has 0 amide bonds. The third-order valence-electron chi connectivity index (χ3n) is 9.78. The smallest absolute Gasteiger partial charge is 0.243 e. The van der Waals surface area contributed by atoms with Gasteiger partial charge in [-0.2, -0.15) is 9.40 Å². The second-order valence-electron chi connectivity index (χ2n) is 13.8. The number of hydrogen-bond acceptors (Lipinski definition) is 10. The molecule has 1 N–H and O–H groups in total. The molecule has 6 rings (SSSR count). The molecular formula is C38H49N5O7S. The van der Waals surface area contributed by atoms with Gasteiger partial charge >= 0.3 is 0 Å². The van der Waals surface area contributed by atoms with Crippen molar-refractivity contribution in [2.75, 3.05) is 52.0 Å². The number of hydrogen-bond donors (Lipinski definition) is 1. The van der Waals surface area contributed by atoms with Crippen LogP contribution < -0.4 is 14.4 Å². The number of benzene rings is 3. The molecule has 274 valence electrons. The van der Waals surface area contributed by atoms with Crippen LogP contribution in [-0.2, 0) is 32.6 Å². The minimum atomic E-state index is -3.97. The molecule has 0 spiro atoms. The number of fused-ring (bicyclic) bond motifs is 1. The molecule has 0 aliphatic carbocycles. The molecule has 3 heterocycles. The largest absolute Gasteiger partial charge is 0.497 e. The number of anilines is 1. The molecule has 0 radical (unpaired) electrons. The zero-order valence-corrected chi connectivity index (χ0v) is 30.7. The predicted molar refractivity (Wildman–Crippen MR) is 194 cm³/mol. The molecule has 1 saturated heterocycles. The molecule has 13 heteroatoms. The van der Waals surface area contributed by atoms with E-state index in [1.807, 2.05) is 43.3 Å². The molecule has 4 atom stereocenters. The Hall–Kier alpha value is -4.01. The maximum Gasteiger partial charge on any atom is 0.243 e. The van der Waals surface area contributed by atoms with Gasteiger partial charge in [-0.3, -0.25) is 4.68 Å². The summed E-state index contributed by atoms with van der Waals surface area (Å²) < 4.78 is 55.5. The normalized spacial score (nSPS) is 20.7. The van der Waals surface area contributed by atoms with Crippen LogP contribution in [0.3, 0.4) is 0 Å². The lowest BCUT2D eigenvalue weighted by molar-refractivity contribution is -0.0421. The first-order chi connectivity index (χ1) is 24.6. The number of aryl methyl sites for hydroxylation is 1. The van der Waals surface area contributed by atoms with Crippen LogP contribution in [0, 0.1) is 6.92 Å². The monoisotopic (exact) mass is 719 g/mol. The van der Waals surface area contributed by atoms with Gasteiger partial charge in [0.2, 0.25) is 10.0 Å². The highest BCUT2D eigenvalue weighted by Crippen LogP contribution is 2.41. The maximum atomic E-state index is 14.5. The molecule has 0 saturated carbocycles. The summed E-state index contributed by atoms with van der Waals surface area (Å²) in [6.45, 7) is 7.15. The van der Waals surface area contributed by atoms with Crippen molar-refractivity contribution >= 4 is 15.7 Å². The van der Waals surface area contributed by atoms with Crippen LogP contribution in [0.15, 0.2) is 84.3 Å². The summed E-state index contributed by atoms with van der Waals surface area (Å²) in [7, 11) is -0.629. The third-order valence-corrected chi connectivity index (χ3v) is 11.7. The number of piperidine rings is 1. The van der Waals surface area contributed by atoms with Crippen LogP contribution in [-0.4, -0.2) is 97.4 Å². The molecule has 2 aliphatic rings. The second kappa shape index (κ2) is 16.1. The molecule has 12 nitrogen and oxygen atoms in total. The van der Waals surface area contributed by atoms with Crippen molar-refractivity contribution in [3.8, 4) is 11.5 Å². The first-order valence-corrected chi connectivity index (χ1v) is 18.9. The van der Waals surface area contributed by atoms with E-state index in [1.165, 1.54) is 10.6 Å². The maximum absolute atomic E-state index is 14.5. The summed E-state index contributed by atoms with van der Waals surface area (Å²) in [4.78, 5) is 6.53. The van der Waals surface area contributed by atoms with E-state index in [9.17, 15) is 13.5 Å². The molecule has 4 aromatic rings. The fourth-order valence-electron chi connectivity index (χ4n) is 7.19. The van der Waals surface area contributed by atoms with Crippen molar-refractivity contribution in [2.24, 2.45) is 0 Å². The van der Waals surface area contributed by atoms with Crippen LogP contribution in [0.2, 0.25) is 0 Å². The highest BCUT2D eigenvalue weighted by molar-refractivity contribution is 7.89. The van der Waals surface area contributed by atoms with Crippen LogP contribution in [0.25, 0.3) is 0 Å². The lowest BCUT2D eigenvalue weighted by Crippen LogP contribution is -2.54. The first kappa shape index (κ1) is 36.8. The van der Waals surface area contributed by atoms with Gasteiger partial charge in [0.25, 0.3) is 0 Å². The van der Waals surface area contributed by atoms with Gasteiger partial charge in [-0.15, -0.1) is 0 Å². The highest BCUT2D eigenvalue weighted by atomic mass is 32.2. The summed E-state index contributed by atoms with van der Waals surface area (Å²) in [5.74, 6) is 1.40. The van der Waals surface area contributed by atoms with E-state index in [0.29, 0.717) is 19.6 Å². The van der Waals surface area contributed by atoms with Crippen LogP contribution in [0.5, 0.6) is 11.5 Å². The Kier molecular flexibility index (Phi) is 11.6. The topological polar surface area (TPSA) is 128 Å². The van der Waals surface area contributed by atoms with Gasteiger partial charge in [-0.05, 0) is 80.6 Å². The molecule has 1 fully saturated rings. The Balaban J connectivity index is 1.32. The Morgan fingerprint density at radius 1 is 1.06 bits per heavy atom. The van der Waals surface area contributed by atoms with Gasteiger partial charge in [0.15, 0.2) is 0 Å². The standard InChI is InChI=1S/C38H49N5O7S/c1-28-6-13-33(14-7-28)51(45,46)43-23-37(50-24-29-8-15-36-35(20-29)41(17-19-49-36)16-5-18-47-3)34(30-9-11-32(48-4)12-10-30)21-31(43)22-38(2,44)25-42-27-39-26-40-42/h6-15,20,26-27,31,34,37,44H,5,16-19,21-25H2,1-4H3/t31-,34-,37+,38-/m1/s1.